The molecule has 0 aromatic heterocycles. The predicted octanol–water partition coefficient (Wildman–Crippen LogP) is 3.05. The average molecular weight is 262 g/mol. The summed E-state index contributed by atoms with van der Waals surface area (Å²) in [6.07, 6.45) is 6.90. The minimum absolute atomic E-state index is 0.743. The molecule has 0 saturated heterocycles. The van der Waals surface area contributed by atoms with Gasteiger partial charge in [-0.25, -0.2) is 0 Å². The summed E-state index contributed by atoms with van der Waals surface area (Å²) < 4.78 is 5.26. The van der Waals surface area contributed by atoms with Gasteiger partial charge in [-0.05, 0) is 25.0 Å². The van der Waals surface area contributed by atoms with Crippen molar-refractivity contribution in [2.45, 2.75) is 38.1 Å². The number of ether oxygens (including phenoxy) is 1. The number of nitrogens with one attached hydrogen (secondary N) is 1. The van der Waals surface area contributed by atoms with Gasteiger partial charge in [-0.15, -0.1) is 0 Å². The standard InChI is InChI=1S/C16H26N2O/c1-18(15-9-6-10-16(13-15)19-2)12-11-17-14-7-4-3-5-8-14/h6,9-10,13-14,17H,3-5,7-8,11-12H2,1-2H3. The lowest BCUT2D eigenvalue weighted by molar-refractivity contribution is 0.376. The highest BCUT2D eigenvalue weighted by atomic mass is 16.5. The zero-order valence-corrected chi connectivity index (χ0v) is 12.2. The lowest BCUT2D eigenvalue weighted by Gasteiger charge is -2.25. The Labute approximate surface area is 116 Å². The van der Waals surface area contributed by atoms with E-state index in [9.17, 15) is 0 Å². The van der Waals surface area contributed by atoms with Crippen LogP contribution in [-0.2, 0) is 0 Å². The molecule has 1 fully saturated rings. The number of likely N-dealkylation sites (N-methyl/N-ethyl adjacent to an activating group) is 1. The van der Waals surface area contributed by atoms with E-state index >= 15 is 0 Å². The SMILES string of the molecule is COc1cccc(N(C)CCNC2CCCCC2)c1. The lowest BCUT2D eigenvalue weighted by atomic mass is 9.95. The molecule has 19 heavy (non-hydrogen) atoms. The molecule has 3 heteroatoms. The summed E-state index contributed by atoms with van der Waals surface area (Å²) in [6.45, 7) is 2.09. The normalized spacial score (nSPS) is 16.3. The minimum atomic E-state index is 0.743. The zero-order valence-electron chi connectivity index (χ0n) is 12.2. The van der Waals surface area contributed by atoms with Gasteiger partial charge in [-0.2, -0.15) is 0 Å². The Bertz CT molecular complexity index is 375. The first kappa shape index (κ1) is 14.2. The molecular formula is C16H26N2O. The van der Waals surface area contributed by atoms with Gasteiger partial charge in [0.1, 0.15) is 5.75 Å². The Hall–Kier alpha value is -1.22. The van der Waals surface area contributed by atoms with E-state index in [1.807, 2.05) is 12.1 Å². The van der Waals surface area contributed by atoms with E-state index < -0.39 is 0 Å². The Morgan fingerprint density at radius 3 is 2.79 bits per heavy atom. The maximum atomic E-state index is 5.26. The van der Waals surface area contributed by atoms with Crippen LogP contribution < -0.4 is 15.0 Å². The summed E-state index contributed by atoms with van der Waals surface area (Å²) in [5.41, 5.74) is 1.21. The first-order chi connectivity index (χ1) is 9.29. The van der Waals surface area contributed by atoms with E-state index in [1.165, 1.54) is 37.8 Å². The minimum Gasteiger partial charge on any atom is -0.497 e. The summed E-state index contributed by atoms with van der Waals surface area (Å²) in [4.78, 5) is 2.28. The van der Waals surface area contributed by atoms with Gasteiger partial charge in [-0.1, -0.05) is 25.3 Å². The fourth-order valence-electron chi connectivity index (χ4n) is 2.72. The van der Waals surface area contributed by atoms with Crippen LogP contribution in [0.15, 0.2) is 24.3 Å². The maximum absolute atomic E-state index is 5.26. The Morgan fingerprint density at radius 2 is 2.05 bits per heavy atom. The molecule has 0 bridgehead atoms. The number of benzene rings is 1. The van der Waals surface area contributed by atoms with Crippen LogP contribution in [0.5, 0.6) is 5.75 Å². The van der Waals surface area contributed by atoms with Crippen LogP contribution in [0.1, 0.15) is 32.1 Å². The van der Waals surface area contributed by atoms with Crippen LogP contribution in [0.3, 0.4) is 0 Å². The van der Waals surface area contributed by atoms with Crippen molar-refractivity contribution in [2.24, 2.45) is 0 Å². The zero-order chi connectivity index (χ0) is 13.5. The van der Waals surface area contributed by atoms with E-state index in [-0.39, 0.29) is 0 Å². The van der Waals surface area contributed by atoms with Crippen LogP contribution in [0.2, 0.25) is 0 Å². The van der Waals surface area contributed by atoms with Crippen LogP contribution in [0.4, 0.5) is 5.69 Å². The van der Waals surface area contributed by atoms with Gasteiger partial charge in [0.15, 0.2) is 0 Å². The largest absolute Gasteiger partial charge is 0.497 e. The first-order valence-electron chi connectivity index (χ1n) is 7.38. The number of methoxy groups -OCH3 is 1. The third kappa shape index (κ3) is 4.43. The molecule has 0 heterocycles. The molecule has 1 aliphatic carbocycles. The third-order valence-electron chi connectivity index (χ3n) is 3.98. The van der Waals surface area contributed by atoms with Crippen molar-refractivity contribution in [3.8, 4) is 5.75 Å². The molecule has 1 aromatic carbocycles. The number of hydrogen-bond acceptors (Lipinski definition) is 3. The topological polar surface area (TPSA) is 24.5 Å². The molecule has 3 nitrogen and oxygen atoms in total. The van der Waals surface area contributed by atoms with Crippen LogP contribution in [0, 0.1) is 0 Å². The molecule has 106 valence electrons. The Kier molecular flexibility index (Phi) is 5.52. The van der Waals surface area contributed by atoms with Gasteiger partial charge in [0, 0.05) is 37.9 Å². The smallest absolute Gasteiger partial charge is 0.120 e. The van der Waals surface area contributed by atoms with Crippen LogP contribution >= 0.6 is 0 Å². The third-order valence-corrected chi connectivity index (χ3v) is 3.98. The molecule has 1 N–H and O–H groups in total. The van der Waals surface area contributed by atoms with Crippen LogP contribution in [0.25, 0.3) is 0 Å². The second-order valence-corrected chi connectivity index (χ2v) is 5.41. The molecule has 2 rings (SSSR count). The van der Waals surface area contributed by atoms with E-state index in [1.54, 1.807) is 7.11 Å². The second-order valence-electron chi connectivity index (χ2n) is 5.41. The van der Waals surface area contributed by atoms with Gasteiger partial charge in [0.2, 0.25) is 0 Å². The summed E-state index contributed by atoms with van der Waals surface area (Å²) in [7, 11) is 3.85. The predicted molar refractivity (Wildman–Crippen MR) is 81.1 cm³/mol. The Morgan fingerprint density at radius 1 is 1.26 bits per heavy atom. The number of nitrogens with zero attached hydrogens (tertiary/aromatic N) is 1. The van der Waals surface area contributed by atoms with Crippen molar-refractivity contribution in [1.29, 1.82) is 0 Å². The molecule has 1 aliphatic rings. The molecule has 0 radical (unpaired) electrons. The van der Waals surface area contributed by atoms with Crippen molar-refractivity contribution in [3.63, 3.8) is 0 Å². The van der Waals surface area contributed by atoms with E-state index in [0.29, 0.717) is 0 Å². The maximum Gasteiger partial charge on any atom is 0.120 e. The highest BCUT2D eigenvalue weighted by molar-refractivity contribution is 5.50. The van der Waals surface area contributed by atoms with E-state index in [4.69, 9.17) is 4.74 Å². The van der Waals surface area contributed by atoms with Crippen molar-refractivity contribution >= 4 is 5.69 Å². The highest BCUT2D eigenvalue weighted by Crippen LogP contribution is 2.20. The Balaban J connectivity index is 1.75. The molecule has 0 atom stereocenters. The summed E-state index contributed by atoms with van der Waals surface area (Å²) in [5.74, 6) is 0.921. The molecule has 1 aromatic rings. The van der Waals surface area contributed by atoms with Crippen molar-refractivity contribution in [2.75, 3.05) is 32.1 Å². The monoisotopic (exact) mass is 262 g/mol. The van der Waals surface area contributed by atoms with Crippen LogP contribution in [-0.4, -0.2) is 33.3 Å². The van der Waals surface area contributed by atoms with Gasteiger partial charge in [-0.3, -0.25) is 0 Å². The average Bonchev–Trinajstić information content (AvgIpc) is 2.48. The molecule has 0 unspecified atom stereocenters. The molecular weight excluding hydrogens is 236 g/mol. The number of hydrogen-bond donors (Lipinski definition) is 1. The summed E-state index contributed by atoms with van der Waals surface area (Å²) in [6, 6.07) is 8.98. The van der Waals surface area contributed by atoms with Crippen molar-refractivity contribution in [1.82, 2.24) is 5.32 Å². The summed E-state index contributed by atoms with van der Waals surface area (Å²) in [5, 5.41) is 3.68. The van der Waals surface area contributed by atoms with Crippen molar-refractivity contribution < 1.29 is 4.74 Å². The lowest BCUT2D eigenvalue weighted by Crippen LogP contribution is -2.36. The highest BCUT2D eigenvalue weighted by Gasteiger charge is 2.12. The first-order valence-corrected chi connectivity index (χ1v) is 7.38. The number of anilines is 1. The van der Waals surface area contributed by atoms with Gasteiger partial charge >= 0.3 is 0 Å². The fraction of sp³-hybridized carbons (Fsp3) is 0.625. The number of rotatable bonds is 6. The van der Waals surface area contributed by atoms with E-state index in [2.05, 4.69) is 29.4 Å². The quantitative estimate of drug-likeness (QED) is 0.853. The summed E-state index contributed by atoms with van der Waals surface area (Å²) >= 11 is 0. The molecule has 0 amide bonds. The van der Waals surface area contributed by atoms with Gasteiger partial charge in [0.25, 0.3) is 0 Å². The fourth-order valence-corrected chi connectivity index (χ4v) is 2.72. The molecule has 0 aliphatic heterocycles. The second kappa shape index (κ2) is 7.39. The van der Waals surface area contributed by atoms with Gasteiger partial charge < -0.3 is 15.0 Å². The molecule has 1 saturated carbocycles. The van der Waals surface area contributed by atoms with Crippen molar-refractivity contribution in [3.05, 3.63) is 24.3 Å². The van der Waals surface area contributed by atoms with E-state index in [0.717, 1.165) is 24.9 Å². The molecule has 0 spiro atoms. The van der Waals surface area contributed by atoms with Gasteiger partial charge in [0.05, 0.1) is 7.11 Å².